The SMILES string of the molecule is Cc1cc(CSc2ccccc2C(=O)OCCOc2ccccc2C)no1. The Morgan fingerprint density at radius 2 is 1.85 bits per heavy atom. The lowest BCUT2D eigenvalue weighted by Crippen LogP contribution is -2.13. The van der Waals surface area contributed by atoms with Crippen LogP contribution in [0.15, 0.2) is 64.0 Å². The molecule has 0 aliphatic heterocycles. The lowest BCUT2D eigenvalue weighted by molar-refractivity contribution is 0.0446. The summed E-state index contributed by atoms with van der Waals surface area (Å²) in [5, 5.41) is 3.97. The molecule has 0 radical (unpaired) electrons. The Kier molecular flexibility index (Phi) is 6.54. The van der Waals surface area contributed by atoms with Crippen molar-refractivity contribution in [3.05, 3.63) is 77.2 Å². The van der Waals surface area contributed by atoms with E-state index in [1.54, 1.807) is 6.07 Å². The van der Waals surface area contributed by atoms with E-state index in [0.717, 1.165) is 27.7 Å². The zero-order valence-corrected chi connectivity index (χ0v) is 16.1. The highest BCUT2D eigenvalue weighted by molar-refractivity contribution is 7.98. The molecule has 0 bridgehead atoms. The van der Waals surface area contributed by atoms with E-state index >= 15 is 0 Å². The van der Waals surface area contributed by atoms with Crippen molar-refractivity contribution in [1.82, 2.24) is 5.16 Å². The van der Waals surface area contributed by atoms with Crippen molar-refractivity contribution in [2.75, 3.05) is 13.2 Å². The van der Waals surface area contributed by atoms with E-state index in [4.69, 9.17) is 14.0 Å². The molecule has 1 heterocycles. The van der Waals surface area contributed by atoms with Gasteiger partial charge < -0.3 is 14.0 Å². The van der Waals surface area contributed by atoms with Gasteiger partial charge in [-0.25, -0.2) is 4.79 Å². The first-order chi connectivity index (χ1) is 13.1. The summed E-state index contributed by atoms with van der Waals surface area (Å²) in [6.07, 6.45) is 0. The van der Waals surface area contributed by atoms with Gasteiger partial charge in [0.2, 0.25) is 0 Å². The first-order valence-corrected chi connectivity index (χ1v) is 9.61. The number of para-hydroxylation sites is 1. The first kappa shape index (κ1) is 19.0. The van der Waals surface area contributed by atoms with E-state index in [9.17, 15) is 4.79 Å². The maximum absolute atomic E-state index is 12.4. The zero-order chi connectivity index (χ0) is 19.1. The molecule has 3 rings (SSSR count). The molecule has 0 saturated carbocycles. The molecule has 2 aromatic carbocycles. The van der Waals surface area contributed by atoms with Crippen LogP contribution < -0.4 is 4.74 Å². The van der Waals surface area contributed by atoms with Gasteiger partial charge in [-0.05, 0) is 37.6 Å². The topological polar surface area (TPSA) is 61.6 Å². The molecule has 0 N–H and O–H groups in total. The number of esters is 1. The van der Waals surface area contributed by atoms with E-state index in [1.807, 2.05) is 62.4 Å². The molecular formula is C21H21NO4S. The molecule has 6 heteroatoms. The lowest BCUT2D eigenvalue weighted by Gasteiger charge is -2.11. The molecule has 1 aromatic heterocycles. The summed E-state index contributed by atoms with van der Waals surface area (Å²) in [5.41, 5.74) is 2.43. The molecule has 0 spiro atoms. The van der Waals surface area contributed by atoms with Crippen LogP contribution in [-0.2, 0) is 10.5 Å². The average molecular weight is 383 g/mol. The molecule has 27 heavy (non-hydrogen) atoms. The predicted octanol–water partition coefficient (Wildman–Crippen LogP) is 4.82. The van der Waals surface area contributed by atoms with Crippen LogP contribution in [0.5, 0.6) is 5.75 Å². The Morgan fingerprint density at radius 3 is 2.63 bits per heavy atom. The molecule has 0 atom stereocenters. The standard InChI is InChI=1S/C21H21NO4S/c1-15-7-3-5-9-19(15)24-11-12-25-21(23)18-8-4-6-10-20(18)27-14-17-13-16(2)26-22-17/h3-10,13H,11-12,14H2,1-2H3. The third-order valence-corrected chi connectivity index (χ3v) is 4.93. The van der Waals surface area contributed by atoms with Gasteiger partial charge >= 0.3 is 5.97 Å². The molecule has 0 fully saturated rings. The third kappa shape index (κ3) is 5.37. The van der Waals surface area contributed by atoms with Crippen molar-refractivity contribution in [2.24, 2.45) is 0 Å². The Morgan fingerprint density at radius 1 is 1.07 bits per heavy atom. The molecule has 5 nitrogen and oxygen atoms in total. The van der Waals surface area contributed by atoms with Gasteiger partial charge in [-0.15, -0.1) is 11.8 Å². The fourth-order valence-corrected chi connectivity index (χ4v) is 3.40. The average Bonchev–Trinajstić information content (AvgIpc) is 3.10. The summed E-state index contributed by atoms with van der Waals surface area (Å²) in [4.78, 5) is 13.3. The second-order valence-corrected chi connectivity index (χ2v) is 6.98. The molecule has 3 aromatic rings. The first-order valence-electron chi connectivity index (χ1n) is 8.63. The van der Waals surface area contributed by atoms with Gasteiger partial charge in [-0.2, -0.15) is 0 Å². The maximum atomic E-state index is 12.4. The van der Waals surface area contributed by atoms with Gasteiger partial charge in [0.05, 0.1) is 11.3 Å². The number of ether oxygens (including phenoxy) is 2. The molecule has 0 aliphatic carbocycles. The summed E-state index contributed by atoms with van der Waals surface area (Å²) in [6, 6.07) is 17.0. The fourth-order valence-electron chi connectivity index (χ4n) is 2.48. The number of aromatic nitrogens is 1. The van der Waals surface area contributed by atoms with Crippen LogP contribution >= 0.6 is 11.8 Å². The number of benzene rings is 2. The van der Waals surface area contributed by atoms with Crippen LogP contribution in [0.4, 0.5) is 0 Å². The van der Waals surface area contributed by atoms with Gasteiger partial charge in [-0.1, -0.05) is 35.5 Å². The van der Waals surface area contributed by atoms with Crippen molar-refractivity contribution in [2.45, 2.75) is 24.5 Å². The number of aryl methyl sites for hydroxylation is 2. The van der Waals surface area contributed by atoms with Crippen LogP contribution in [0, 0.1) is 13.8 Å². The van der Waals surface area contributed by atoms with Crippen molar-refractivity contribution >= 4 is 17.7 Å². The molecule has 140 valence electrons. The minimum absolute atomic E-state index is 0.189. The van der Waals surface area contributed by atoms with Crippen LogP contribution in [0.25, 0.3) is 0 Å². The third-order valence-electron chi connectivity index (χ3n) is 3.83. The van der Waals surface area contributed by atoms with Gasteiger partial charge in [0.25, 0.3) is 0 Å². The molecule has 0 amide bonds. The summed E-state index contributed by atoms with van der Waals surface area (Å²) < 4.78 is 16.1. The van der Waals surface area contributed by atoms with E-state index in [2.05, 4.69) is 5.16 Å². The minimum Gasteiger partial charge on any atom is -0.490 e. The smallest absolute Gasteiger partial charge is 0.339 e. The normalized spacial score (nSPS) is 10.6. The predicted molar refractivity (Wildman–Crippen MR) is 104 cm³/mol. The minimum atomic E-state index is -0.359. The van der Waals surface area contributed by atoms with Crippen molar-refractivity contribution in [3.63, 3.8) is 0 Å². The van der Waals surface area contributed by atoms with Crippen LogP contribution in [0.2, 0.25) is 0 Å². The second kappa shape index (κ2) is 9.28. The van der Waals surface area contributed by atoms with Crippen molar-refractivity contribution in [3.8, 4) is 5.75 Å². The number of hydrogen-bond acceptors (Lipinski definition) is 6. The molecule has 0 aliphatic rings. The van der Waals surface area contributed by atoms with E-state index in [0.29, 0.717) is 17.9 Å². The summed E-state index contributed by atoms with van der Waals surface area (Å²) in [6.45, 7) is 4.33. The zero-order valence-electron chi connectivity index (χ0n) is 15.3. The van der Waals surface area contributed by atoms with Crippen molar-refractivity contribution < 1.29 is 18.8 Å². The van der Waals surface area contributed by atoms with E-state index in [-0.39, 0.29) is 12.6 Å². The van der Waals surface area contributed by atoms with E-state index < -0.39 is 0 Å². The van der Waals surface area contributed by atoms with E-state index in [1.165, 1.54) is 11.8 Å². The highest BCUT2D eigenvalue weighted by atomic mass is 32.2. The van der Waals surface area contributed by atoms with Gasteiger partial charge in [0.1, 0.15) is 24.7 Å². The fraction of sp³-hybridized carbons (Fsp3) is 0.238. The maximum Gasteiger partial charge on any atom is 0.339 e. The lowest BCUT2D eigenvalue weighted by atomic mass is 10.2. The Labute approximate surface area is 162 Å². The number of carbonyl (C=O) groups excluding carboxylic acids is 1. The number of carbonyl (C=O) groups is 1. The number of hydrogen-bond donors (Lipinski definition) is 0. The molecular weight excluding hydrogens is 362 g/mol. The quantitative estimate of drug-likeness (QED) is 0.316. The molecule has 0 saturated heterocycles. The highest BCUT2D eigenvalue weighted by Crippen LogP contribution is 2.26. The monoisotopic (exact) mass is 383 g/mol. The van der Waals surface area contributed by atoms with Crippen LogP contribution in [0.3, 0.4) is 0 Å². The van der Waals surface area contributed by atoms with Gasteiger partial charge in [0, 0.05) is 16.7 Å². The van der Waals surface area contributed by atoms with Crippen molar-refractivity contribution in [1.29, 1.82) is 0 Å². The Balaban J connectivity index is 1.52. The number of thioether (sulfide) groups is 1. The molecule has 0 unspecified atom stereocenters. The number of rotatable bonds is 8. The second-order valence-electron chi connectivity index (χ2n) is 5.96. The van der Waals surface area contributed by atoms with Crippen LogP contribution in [-0.4, -0.2) is 24.3 Å². The highest BCUT2D eigenvalue weighted by Gasteiger charge is 2.13. The largest absolute Gasteiger partial charge is 0.490 e. The Hall–Kier alpha value is -2.73. The summed E-state index contributed by atoms with van der Waals surface area (Å²) in [5.74, 6) is 1.83. The van der Waals surface area contributed by atoms with Crippen LogP contribution in [0.1, 0.15) is 27.4 Å². The summed E-state index contributed by atoms with van der Waals surface area (Å²) >= 11 is 1.53. The Bertz CT molecular complexity index is 906. The number of nitrogens with zero attached hydrogens (tertiary/aromatic N) is 1. The summed E-state index contributed by atoms with van der Waals surface area (Å²) in [7, 11) is 0. The van der Waals surface area contributed by atoms with Gasteiger partial charge in [-0.3, -0.25) is 0 Å². The van der Waals surface area contributed by atoms with Gasteiger partial charge in [0.15, 0.2) is 0 Å².